The molecule has 2 unspecified atom stereocenters. The summed E-state index contributed by atoms with van der Waals surface area (Å²) in [6, 6.07) is 7.97. The van der Waals surface area contributed by atoms with Gasteiger partial charge >= 0.3 is 0 Å². The number of morpholine rings is 1. The molecule has 5 nitrogen and oxygen atoms in total. The molecule has 1 saturated carbocycles. The van der Waals surface area contributed by atoms with Gasteiger partial charge in [0.15, 0.2) is 0 Å². The van der Waals surface area contributed by atoms with Crippen molar-refractivity contribution in [3.63, 3.8) is 0 Å². The van der Waals surface area contributed by atoms with Gasteiger partial charge in [-0.2, -0.15) is 0 Å². The predicted molar refractivity (Wildman–Crippen MR) is 108 cm³/mol. The topological polar surface area (TPSA) is 49.9 Å². The van der Waals surface area contributed by atoms with Crippen LogP contribution in [0.2, 0.25) is 0 Å². The zero-order valence-electron chi connectivity index (χ0n) is 17.1. The number of carbonyl (C=O) groups excluding carboxylic acids is 2. The first-order valence-electron chi connectivity index (χ1n) is 10.6. The van der Waals surface area contributed by atoms with E-state index in [2.05, 4.69) is 4.90 Å². The van der Waals surface area contributed by atoms with Gasteiger partial charge in [-0.1, -0.05) is 49.1 Å². The van der Waals surface area contributed by atoms with Crippen molar-refractivity contribution in [2.24, 2.45) is 0 Å². The summed E-state index contributed by atoms with van der Waals surface area (Å²) in [5.74, 6) is -0.240. The monoisotopic (exact) mass is 382 g/mol. The molecular formula is C23H30N2O3. The van der Waals surface area contributed by atoms with Gasteiger partial charge < -0.3 is 9.64 Å². The first kappa shape index (κ1) is 19.2. The molecule has 1 aliphatic carbocycles. The van der Waals surface area contributed by atoms with Crippen molar-refractivity contribution < 1.29 is 14.3 Å². The SMILES string of the molecule is Cc1ccc(C2=C(N3CC(C)OC(C)C3)C(=O)N(C3CCCCC3)C2=O)cc1. The van der Waals surface area contributed by atoms with Gasteiger partial charge in [0.05, 0.1) is 17.8 Å². The van der Waals surface area contributed by atoms with Gasteiger partial charge in [0.2, 0.25) is 0 Å². The third-order valence-electron chi connectivity index (χ3n) is 6.11. The molecule has 2 atom stereocenters. The van der Waals surface area contributed by atoms with Crippen LogP contribution in [0, 0.1) is 6.92 Å². The molecule has 1 aromatic rings. The standard InChI is InChI=1S/C23H30N2O3/c1-15-9-11-18(12-10-15)20-21(24-13-16(2)28-17(3)14-24)23(27)25(22(20)26)19-7-5-4-6-8-19/h9-12,16-17,19H,4-8,13-14H2,1-3H3. The first-order chi connectivity index (χ1) is 13.5. The van der Waals surface area contributed by atoms with E-state index in [0.717, 1.165) is 36.8 Å². The summed E-state index contributed by atoms with van der Waals surface area (Å²) in [5, 5.41) is 0. The largest absolute Gasteiger partial charge is 0.372 e. The minimum absolute atomic E-state index is 0.0298. The molecule has 4 rings (SSSR count). The van der Waals surface area contributed by atoms with Crippen molar-refractivity contribution in [3.05, 3.63) is 41.1 Å². The van der Waals surface area contributed by atoms with E-state index in [9.17, 15) is 9.59 Å². The summed E-state index contributed by atoms with van der Waals surface area (Å²) in [6.07, 6.45) is 5.26. The van der Waals surface area contributed by atoms with Crippen LogP contribution >= 0.6 is 0 Å². The molecule has 1 saturated heterocycles. The number of aryl methyl sites for hydroxylation is 1. The van der Waals surface area contributed by atoms with Crippen LogP contribution in [0.5, 0.6) is 0 Å². The fourth-order valence-corrected chi connectivity index (χ4v) is 4.84. The molecule has 0 aromatic heterocycles. The average molecular weight is 383 g/mol. The van der Waals surface area contributed by atoms with Crippen molar-refractivity contribution >= 4 is 17.4 Å². The maximum atomic E-state index is 13.5. The minimum atomic E-state index is -0.123. The number of imide groups is 1. The van der Waals surface area contributed by atoms with Gasteiger partial charge in [0.25, 0.3) is 11.8 Å². The quantitative estimate of drug-likeness (QED) is 0.751. The first-order valence-corrected chi connectivity index (χ1v) is 10.6. The fraction of sp³-hybridized carbons (Fsp3) is 0.565. The predicted octanol–water partition coefficient (Wildman–Crippen LogP) is 3.52. The molecule has 0 bridgehead atoms. The van der Waals surface area contributed by atoms with Crippen LogP contribution in [0.1, 0.15) is 57.1 Å². The van der Waals surface area contributed by atoms with Crippen molar-refractivity contribution in [1.29, 1.82) is 0 Å². The van der Waals surface area contributed by atoms with Crippen LogP contribution in [-0.4, -0.2) is 53.0 Å². The normalized spacial score (nSPS) is 27.1. The Morgan fingerprint density at radius 3 is 2.11 bits per heavy atom. The maximum absolute atomic E-state index is 13.5. The van der Waals surface area contributed by atoms with Crippen molar-refractivity contribution in [2.75, 3.05) is 13.1 Å². The van der Waals surface area contributed by atoms with E-state index in [0.29, 0.717) is 24.4 Å². The van der Waals surface area contributed by atoms with Crippen LogP contribution in [0.15, 0.2) is 30.0 Å². The summed E-state index contributed by atoms with van der Waals surface area (Å²) >= 11 is 0. The second-order valence-corrected chi connectivity index (χ2v) is 8.52. The molecule has 0 radical (unpaired) electrons. The van der Waals surface area contributed by atoms with E-state index < -0.39 is 0 Å². The lowest BCUT2D eigenvalue weighted by Crippen LogP contribution is -2.48. The summed E-state index contributed by atoms with van der Waals surface area (Å²) in [6.45, 7) is 7.34. The highest BCUT2D eigenvalue weighted by molar-refractivity contribution is 6.35. The van der Waals surface area contributed by atoms with E-state index in [1.165, 1.54) is 6.42 Å². The number of rotatable bonds is 3. The van der Waals surface area contributed by atoms with Crippen LogP contribution in [0.3, 0.4) is 0 Å². The Hall–Kier alpha value is -2.14. The van der Waals surface area contributed by atoms with E-state index in [1.807, 2.05) is 45.0 Å². The molecule has 150 valence electrons. The third kappa shape index (κ3) is 3.48. The van der Waals surface area contributed by atoms with E-state index >= 15 is 0 Å². The lowest BCUT2D eigenvalue weighted by atomic mass is 9.94. The van der Waals surface area contributed by atoms with Crippen LogP contribution in [0.25, 0.3) is 5.57 Å². The van der Waals surface area contributed by atoms with Crippen LogP contribution in [0.4, 0.5) is 0 Å². The Kier molecular flexibility index (Phi) is 5.28. The Labute approximate surface area is 167 Å². The van der Waals surface area contributed by atoms with Gasteiger partial charge in [-0.15, -0.1) is 0 Å². The zero-order chi connectivity index (χ0) is 19.8. The van der Waals surface area contributed by atoms with E-state index in [4.69, 9.17) is 4.74 Å². The summed E-state index contributed by atoms with van der Waals surface area (Å²) in [5.41, 5.74) is 3.11. The molecule has 28 heavy (non-hydrogen) atoms. The summed E-state index contributed by atoms with van der Waals surface area (Å²) in [7, 11) is 0. The maximum Gasteiger partial charge on any atom is 0.278 e. The lowest BCUT2D eigenvalue weighted by Gasteiger charge is -2.37. The highest BCUT2D eigenvalue weighted by Gasteiger charge is 2.45. The van der Waals surface area contributed by atoms with Crippen LogP contribution < -0.4 is 0 Å². The van der Waals surface area contributed by atoms with Crippen molar-refractivity contribution in [1.82, 2.24) is 9.80 Å². The molecule has 0 spiro atoms. The van der Waals surface area contributed by atoms with E-state index in [-0.39, 0.29) is 30.1 Å². The fourth-order valence-electron chi connectivity index (χ4n) is 4.84. The Balaban J connectivity index is 1.76. The smallest absolute Gasteiger partial charge is 0.278 e. The summed E-state index contributed by atoms with van der Waals surface area (Å²) < 4.78 is 5.86. The number of hydrogen-bond acceptors (Lipinski definition) is 4. The second kappa shape index (κ2) is 7.70. The number of amides is 2. The molecule has 3 aliphatic rings. The molecule has 2 aliphatic heterocycles. The number of hydrogen-bond donors (Lipinski definition) is 0. The van der Waals surface area contributed by atoms with Crippen LogP contribution in [-0.2, 0) is 14.3 Å². The minimum Gasteiger partial charge on any atom is -0.372 e. The zero-order valence-corrected chi connectivity index (χ0v) is 17.1. The van der Waals surface area contributed by atoms with Gasteiger partial charge in [-0.05, 0) is 39.2 Å². The Bertz CT molecular complexity index is 783. The molecule has 2 fully saturated rings. The highest BCUT2D eigenvalue weighted by atomic mass is 16.5. The molecule has 5 heteroatoms. The van der Waals surface area contributed by atoms with Crippen molar-refractivity contribution in [3.8, 4) is 0 Å². The molecule has 2 amide bonds. The highest BCUT2D eigenvalue weighted by Crippen LogP contribution is 2.37. The third-order valence-corrected chi connectivity index (χ3v) is 6.11. The van der Waals surface area contributed by atoms with Gasteiger partial charge in [-0.25, -0.2) is 0 Å². The lowest BCUT2D eigenvalue weighted by molar-refractivity contribution is -0.141. The van der Waals surface area contributed by atoms with Gasteiger partial charge in [0, 0.05) is 19.1 Å². The van der Waals surface area contributed by atoms with Gasteiger partial charge in [0.1, 0.15) is 5.70 Å². The Morgan fingerprint density at radius 1 is 0.893 bits per heavy atom. The number of nitrogens with zero attached hydrogens (tertiary/aromatic N) is 2. The summed E-state index contributed by atoms with van der Waals surface area (Å²) in [4.78, 5) is 30.7. The van der Waals surface area contributed by atoms with E-state index in [1.54, 1.807) is 4.90 Å². The van der Waals surface area contributed by atoms with Crippen molar-refractivity contribution in [2.45, 2.75) is 71.1 Å². The number of carbonyl (C=O) groups is 2. The Morgan fingerprint density at radius 2 is 1.50 bits per heavy atom. The number of benzene rings is 1. The molecule has 1 aromatic carbocycles. The number of ether oxygens (including phenoxy) is 1. The molecular weight excluding hydrogens is 352 g/mol. The average Bonchev–Trinajstić information content (AvgIpc) is 2.93. The second-order valence-electron chi connectivity index (χ2n) is 8.52. The molecule has 0 N–H and O–H groups in total. The molecule has 2 heterocycles. The van der Waals surface area contributed by atoms with Gasteiger partial charge in [-0.3, -0.25) is 14.5 Å².